The molecular formula is C9H12O2S4. The predicted molar refractivity (Wildman–Crippen MR) is 72.0 cm³/mol. The van der Waals surface area contributed by atoms with E-state index in [0.29, 0.717) is 5.41 Å². The zero-order chi connectivity index (χ0) is 10.7. The highest BCUT2D eigenvalue weighted by molar-refractivity contribution is 8.20. The van der Waals surface area contributed by atoms with E-state index in [2.05, 4.69) is 0 Å². The number of carbonyl (C=O) groups excluding carboxylic acids is 2. The van der Waals surface area contributed by atoms with Crippen molar-refractivity contribution in [2.24, 2.45) is 5.41 Å². The van der Waals surface area contributed by atoms with Gasteiger partial charge in [0, 0.05) is 28.4 Å². The maximum absolute atomic E-state index is 10.6. The minimum absolute atomic E-state index is 0.134. The number of thioether (sulfide) groups is 4. The molecule has 6 heteroatoms. The Morgan fingerprint density at radius 1 is 0.800 bits per heavy atom. The summed E-state index contributed by atoms with van der Waals surface area (Å²) in [4.78, 5) is 21.3. The molecule has 84 valence electrons. The third-order valence-corrected chi connectivity index (χ3v) is 8.95. The van der Waals surface area contributed by atoms with Gasteiger partial charge in [0.05, 0.1) is 0 Å². The molecule has 0 aliphatic carbocycles. The van der Waals surface area contributed by atoms with Gasteiger partial charge in [-0.25, -0.2) is 0 Å². The monoisotopic (exact) mass is 280 g/mol. The van der Waals surface area contributed by atoms with Gasteiger partial charge in [-0.1, -0.05) is 0 Å². The number of aldehydes is 2. The lowest BCUT2D eigenvalue weighted by atomic mass is 9.99. The van der Waals surface area contributed by atoms with Crippen LogP contribution in [-0.2, 0) is 9.59 Å². The molecule has 0 unspecified atom stereocenters. The summed E-state index contributed by atoms with van der Waals surface area (Å²) in [6, 6.07) is 0. The van der Waals surface area contributed by atoms with Crippen LogP contribution in [0.1, 0.15) is 0 Å². The molecule has 0 N–H and O–H groups in total. The average molecular weight is 280 g/mol. The predicted octanol–water partition coefficient (Wildman–Crippen LogP) is 1.98. The van der Waals surface area contributed by atoms with Crippen molar-refractivity contribution in [1.29, 1.82) is 0 Å². The minimum Gasteiger partial charge on any atom is -0.301 e. The summed E-state index contributed by atoms with van der Waals surface area (Å²) < 4.78 is 0.267. The molecule has 2 aliphatic heterocycles. The van der Waals surface area contributed by atoms with Crippen LogP contribution in [-0.4, -0.2) is 44.7 Å². The molecule has 2 fully saturated rings. The van der Waals surface area contributed by atoms with E-state index in [1.807, 2.05) is 0 Å². The van der Waals surface area contributed by atoms with Crippen molar-refractivity contribution >= 4 is 59.6 Å². The lowest BCUT2D eigenvalue weighted by Crippen LogP contribution is -2.40. The van der Waals surface area contributed by atoms with Gasteiger partial charge < -0.3 is 9.59 Å². The summed E-state index contributed by atoms with van der Waals surface area (Å²) in [5, 5.41) is 0. The van der Waals surface area contributed by atoms with E-state index < -0.39 is 0 Å². The molecule has 1 spiro atoms. The Balaban J connectivity index is 1.88. The summed E-state index contributed by atoms with van der Waals surface area (Å²) in [7, 11) is 0. The van der Waals surface area contributed by atoms with Crippen LogP contribution >= 0.6 is 47.0 Å². The number of hydrogen-bond acceptors (Lipinski definition) is 6. The standard InChI is InChI=1S/C9H12O2S4/c10-1-7-12-3-9(4-13-7)5-14-8(2-11)15-6-9/h1-2,7-8H,3-6H2. The number of carbonyl (C=O) groups is 2. The molecule has 2 rings (SSSR count). The van der Waals surface area contributed by atoms with Crippen molar-refractivity contribution in [3.8, 4) is 0 Å². The second kappa shape index (κ2) is 5.38. The van der Waals surface area contributed by atoms with Crippen molar-refractivity contribution < 1.29 is 9.59 Å². The third kappa shape index (κ3) is 2.90. The summed E-state index contributed by atoms with van der Waals surface area (Å²) in [6.45, 7) is 0. The van der Waals surface area contributed by atoms with E-state index in [4.69, 9.17) is 0 Å². The zero-order valence-corrected chi connectivity index (χ0v) is 11.4. The fraction of sp³-hybridized carbons (Fsp3) is 0.778. The maximum atomic E-state index is 10.6. The highest BCUT2D eigenvalue weighted by Gasteiger charge is 2.40. The van der Waals surface area contributed by atoms with E-state index in [1.54, 1.807) is 47.0 Å². The van der Waals surface area contributed by atoms with E-state index in [0.717, 1.165) is 35.6 Å². The minimum atomic E-state index is 0.134. The first-order valence-electron chi connectivity index (χ1n) is 4.65. The first kappa shape index (κ1) is 12.2. The molecule has 2 aliphatic rings. The van der Waals surface area contributed by atoms with Crippen LogP contribution < -0.4 is 0 Å². The molecule has 0 saturated carbocycles. The van der Waals surface area contributed by atoms with E-state index in [-0.39, 0.29) is 9.16 Å². The molecule has 0 atom stereocenters. The van der Waals surface area contributed by atoms with Gasteiger partial charge in [-0.05, 0) is 0 Å². The number of rotatable bonds is 2. The first-order chi connectivity index (χ1) is 7.28. The zero-order valence-electron chi connectivity index (χ0n) is 8.09. The summed E-state index contributed by atoms with van der Waals surface area (Å²) >= 11 is 7.03. The third-order valence-electron chi connectivity index (χ3n) is 2.44. The maximum Gasteiger partial charge on any atom is 0.142 e. The molecule has 0 aromatic rings. The van der Waals surface area contributed by atoms with Gasteiger partial charge in [0.1, 0.15) is 21.7 Å². The quantitative estimate of drug-likeness (QED) is 0.720. The van der Waals surface area contributed by atoms with Crippen molar-refractivity contribution in [2.75, 3.05) is 23.0 Å². The van der Waals surface area contributed by atoms with Gasteiger partial charge in [-0.15, -0.1) is 47.0 Å². The summed E-state index contributed by atoms with van der Waals surface area (Å²) in [5.41, 5.74) is 0.351. The first-order valence-corrected chi connectivity index (χ1v) is 8.84. The topological polar surface area (TPSA) is 34.1 Å². The smallest absolute Gasteiger partial charge is 0.142 e. The molecule has 0 aromatic carbocycles. The van der Waals surface area contributed by atoms with Crippen molar-refractivity contribution in [2.45, 2.75) is 9.16 Å². The molecule has 2 saturated heterocycles. The lowest BCUT2D eigenvalue weighted by Gasteiger charge is -2.41. The summed E-state index contributed by atoms with van der Waals surface area (Å²) in [6.07, 6.45) is 2.08. The largest absolute Gasteiger partial charge is 0.301 e. The van der Waals surface area contributed by atoms with E-state index in [1.165, 1.54) is 0 Å². The Labute approximate surface area is 106 Å². The van der Waals surface area contributed by atoms with Gasteiger partial charge in [0.25, 0.3) is 0 Å². The Kier molecular flexibility index (Phi) is 4.38. The van der Waals surface area contributed by atoms with Crippen LogP contribution in [0.3, 0.4) is 0 Å². The Bertz CT molecular complexity index is 213. The van der Waals surface area contributed by atoms with Gasteiger partial charge in [0.15, 0.2) is 0 Å². The molecule has 0 amide bonds. The van der Waals surface area contributed by atoms with Crippen LogP contribution in [0.25, 0.3) is 0 Å². The number of hydrogen-bond donors (Lipinski definition) is 0. The van der Waals surface area contributed by atoms with E-state index >= 15 is 0 Å². The molecular weight excluding hydrogens is 268 g/mol. The SMILES string of the molecule is O=CC1SCC2(CS1)CSC(C=O)SC2. The van der Waals surface area contributed by atoms with Crippen molar-refractivity contribution in [3.05, 3.63) is 0 Å². The van der Waals surface area contributed by atoms with Crippen LogP contribution in [0.5, 0.6) is 0 Å². The van der Waals surface area contributed by atoms with Gasteiger partial charge in [-0.3, -0.25) is 0 Å². The Morgan fingerprint density at radius 2 is 1.13 bits per heavy atom. The van der Waals surface area contributed by atoms with Gasteiger partial charge in [-0.2, -0.15) is 0 Å². The van der Waals surface area contributed by atoms with Crippen molar-refractivity contribution in [3.63, 3.8) is 0 Å². The highest BCUT2D eigenvalue weighted by atomic mass is 32.2. The Morgan fingerprint density at radius 3 is 1.40 bits per heavy atom. The summed E-state index contributed by atoms with van der Waals surface area (Å²) in [5.74, 6) is 4.26. The van der Waals surface area contributed by atoms with Crippen LogP contribution in [0.15, 0.2) is 0 Å². The fourth-order valence-electron chi connectivity index (χ4n) is 1.54. The molecule has 2 heterocycles. The second-order valence-electron chi connectivity index (χ2n) is 3.75. The normalized spacial score (nSPS) is 41.3. The molecule has 0 aromatic heterocycles. The van der Waals surface area contributed by atoms with Crippen LogP contribution in [0, 0.1) is 5.41 Å². The van der Waals surface area contributed by atoms with E-state index in [9.17, 15) is 9.59 Å². The lowest BCUT2D eigenvalue weighted by molar-refractivity contribution is -0.107. The van der Waals surface area contributed by atoms with Crippen molar-refractivity contribution in [1.82, 2.24) is 0 Å². The average Bonchev–Trinajstić information content (AvgIpc) is 2.31. The molecule has 0 radical (unpaired) electrons. The van der Waals surface area contributed by atoms with Gasteiger partial charge in [0.2, 0.25) is 0 Å². The molecule has 2 nitrogen and oxygen atoms in total. The highest BCUT2D eigenvalue weighted by Crippen LogP contribution is 2.48. The second-order valence-corrected chi connectivity index (χ2v) is 8.87. The fourth-order valence-corrected chi connectivity index (χ4v) is 7.51. The van der Waals surface area contributed by atoms with Gasteiger partial charge >= 0.3 is 0 Å². The Hall–Kier alpha value is 0.740. The van der Waals surface area contributed by atoms with Crippen LogP contribution in [0.2, 0.25) is 0 Å². The molecule has 15 heavy (non-hydrogen) atoms. The molecule has 0 bridgehead atoms. The van der Waals surface area contributed by atoms with Crippen LogP contribution in [0.4, 0.5) is 0 Å².